The summed E-state index contributed by atoms with van der Waals surface area (Å²) in [6.07, 6.45) is -2.15. The van der Waals surface area contributed by atoms with Crippen molar-refractivity contribution in [3.05, 3.63) is 59.7 Å². The summed E-state index contributed by atoms with van der Waals surface area (Å²) in [5.74, 6) is 0.327. The highest BCUT2D eigenvalue weighted by Gasteiger charge is 2.29. The zero-order valence-electron chi connectivity index (χ0n) is 15.3. The monoisotopic (exact) mass is 387 g/mol. The Hall–Kier alpha value is -3.26. The molecule has 2 aromatic rings. The van der Waals surface area contributed by atoms with Crippen LogP contribution in [0.3, 0.4) is 0 Å². The molecule has 8 nitrogen and oxygen atoms in total. The minimum Gasteiger partial charge on any atom is -0.467 e. The van der Waals surface area contributed by atoms with E-state index in [2.05, 4.69) is 10.1 Å². The average Bonchev–Trinajstić information content (AvgIpc) is 3.19. The first-order valence-corrected chi connectivity index (χ1v) is 8.68. The number of ether oxygens (including phenoxy) is 4. The van der Waals surface area contributed by atoms with E-state index in [4.69, 9.17) is 14.2 Å². The van der Waals surface area contributed by atoms with Crippen molar-refractivity contribution in [2.75, 3.05) is 13.9 Å². The predicted octanol–water partition coefficient (Wildman–Crippen LogP) is 1.79. The Morgan fingerprint density at radius 3 is 2.61 bits per heavy atom. The maximum atomic E-state index is 12.2. The van der Waals surface area contributed by atoms with Crippen molar-refractivity contribution in [3.63, 3.8) is 0 Å². The topological polar surface area (TPSA) is 103 Å². The van der Waals surface area contributed by atoms with E-state index in [0.717, 1.165) is 18.2 Å². The van der Waals surface area contributed by atoms with Gasteiger partial charge in [-0.25, -0.2) is 9.59 Å². The largest absolute Gasteiger partial charge is 0.467 e. The molecule has 1 heterocycles. The molecule has 28 heavy (non-hydrogen) atoms. The van der Waals surface area contributed by atoms with Crippen molar-refractivity contribution >= 4 is 12.1 Å². The molecule has 8 heteroatoms. The lowest BCUT2D eigenvalue weighted by molar-refractivity contribution is -0.151. The number of hydrogen-bond donors (Lipinski definition) is 2. The van der Waals surface area contributed by atoms with Crippen LogP contribution in [0.2, 0.25) is 0 Å². The molecule has 0 radical (unpaired) electrons. The van der Waals surface area contributed by atoms with Gasteiger partial charge in [0.2, 0.25) is 6.79 Å². The average molecular weight is 387 g/mol. The molecular formula is C20H21NO7. The molecule has 3 rings (SSSR count). The maximum Gasteiger partial charge on any atom is 0.407 e. The van der Waals surface area contributed by atoms with Crippen LogP contribution >= 0.6 is 0 Å². The minimum absolute atomic E-state index is 0.0672. The number of aliphatic hydroxyl groups excluding tert-OH is 1. The third-order valence-corrected chi connectivity index (χ3v) is 4.23. The second-order valence-electron chi connectivity index (χ2n) is 6.17. The van der Waals surface area contributed by atoms with Gasteiger partial charge in [-0.1, -0.05) is 36.4 Å². The molecule has 0 bridgehead atoms. The highest BCUT2D eigenvalue weighted by molar-refractivity contribution is 5.77. The van der Waals surface area contributed by atoms with Gasteiger partial charge in [0.05, 0.1) is 13.2 Å². The van der Waals surface area contributed by atoms with Gasteiger partial charge in [-0.3, -0.25) is 0 Å². The van der Waals surface area contributed by atoms with Gasteiger partial charge >= 0.3 is 12.1 Å². The summed E-state index contributed by atoms with van der Waals surface area (Å²) in [4.78, 5) is 24.0. The van der Waals surface area contributed by atoms with Crippen LogP contribution in [0.15, 0.2) is 48.5 Å². The highest BCUT2D eigenvalue weighted by atomic mass is 16.7. The van der Waals surface area contributed by atoms with E-state index in [9.17, 15) is 14.7 Å². The van der Waals surface area contributed by atoms with Crippen molar-refractivity contribution in [1.29, 1.82) is 0 Å². The van der Waals surface area contributed by atoms with Crippen molar-refractivity contribution in [1.82, 2.24) is 5.32 Å². The third-order valence-electron chi connectivity index (χ3n) is 4.23. The smallest absolute Gasteiger partial charge is 0.407 e. The second-order valence-corrected chi connectivity index (χ2v) is 6.17. The van der Waals surface area contributed by atoms with Gasteiger partial charge in [-0.05, 0) is 29.7 Å². The van der Waals surface area contributed by atoms with Crippen LogP contribution in [0.1, 0.15) is 11.1 Å². The summed E-state index contributed by atoms with van der Waals surface area (Å²) in [5, 5.41) is 12.8. The van der Waals surface area contributed by atoms with Crippen LogP contribution < -0.4 is 14.8 Å². The number of methoxy groups -OCH3 is 1. The number of rotatable bonds is 7. The van der Waals surface area contributed by atoms with E-state index in [1.807, 2.05) is 30.3 Å². The molecule has 0 aromatic heterocycles. The van der Waals surface area contributed by atoms with Gasteiger partial charge in [0.15, 0.2) is 17.6 Å². The summed E-state index contributed by atoms with van der Waals surface area (Å²) in [7, 11) is 1.16. The van der Waals surface area contributed by atoms with E-state index in [0.29, 0.717) is 11.5 Å². The van der Waals surface area contributed by atoms with E-state index in [1.165, 1.54) is 0 Å². The Morgan fingerprint density at radius 1 is 1.11 bits per heavy atom. The Morgan fingerprint density at radius 2 is 1.86 bits per heavy atom. The molecule has 1 aliphatic heterocycles. The fraction of sp³-hybridized carbons (Fsp3) is 0.300. The number of benzene rings is 2. The summed E-state index contributed by atoms with van der Waals surface area (Å²) in [6.45, 7) is 0.203. The van der Waals surface area contributed by atoms with E-state index in [-0.39, 0.29) is 19.8 Å². The molecule has 0 fully saturated rings. The number of carbonyl (C=O) groups excluding carboxylic acids is 2. The molecule has 2 unspecified atom stereocenters. The molecule has 0 saturated heterocycles. The predicted molar refractivity (Wildman–Crippen MR) is 97.8 cm³/mol. The normalized spacial score (nSPS) is 14.1. The van der Waals surface area contributed by atoms with Gasteiger partial charge < -0.3 is 29.4 Å². The molecule has 0 aliphatic carbocycles. The molecule has 2 aromatic carbocycles. The maximum absolute atomic E-state index is 12.2. The number of alkyl carbamates (subject to hydrolysis) is 1. The summed E-state index contributed by atoms with van der Waals surface area (Å²) in [6, 6.07) is 13.4. The number of nitrogens with one attached hydrogen (secondary N) is 1. The standard InChI is InChI=1S/C20H21NO7/c1-25-19(23)18(22)15(9-14-7-8-16-17(10-14)28-12-27-16)21-20(24)26-11-13-5-3-2-4-6-13/h2-8,10,15,18,22H,9,11-12H2,1H3,(H,21,24). The van der Waals surface area contributed by atoms with Crippen LogP contribution in [0, 0.1) is 0 Å². The number of aliphatic hydroxyl groups is 1. The minimum atomic E-state index is -1.56. The molecule has 148 valence electrons. The SMILES string of the molecule is COC(=O)C(O)C(Cc1ccc2c(c1)OCO2)NC(=O)OCc1ccccc1. The van der Waals surface area contributed by atoms with Crippen molar-refractivity contribution in [3.8, 4) is 11.5 Å². The second kappa shape index (κ2) is 9.09. The zero-order chi connectivity index (χ0) is 19.9. The summed E-state index contributed by atoms with van der Waals surface area (Å²) >= 11 is 0. The van der Waals surface area contributed by atoms with Crippen LogP contribution in [-0.2, 0) is 27.3 Å². The number of esters is 1. The lowest BCUT2D eigenvalue weighted by Gasteiger charge is -2.22. The lowest BCUT2D eigenvalue weighted by Crippen LogP contribution is -2.48. The molecule has 2 N–H and O–H groups in total. The summed E-state index contributed by atoms with van der Waals surface area (Å²) < 4.78 is 20.4. The lowest BCUT2D eigenvalue weighted by atomic mass is 10.0. The number of hydrogen-bond acceptors (Lipinski definition) is 7. The fourth-order valence-electron chi connectivity index (χ4n) is 2.76. The zero-order valence-corrected chi connectivity index (χ0v) is 15.3. The van der Waals surface area contributed by atoms with E-state index in [1.54, 1.807) is 18.2 Å². The van der Waals surface area contributed by atoms with Gasteiger partial charge in [0, 0.05) is 0 Å². The molecule has 0 spiro atoms. The third kappa shape index (κ3) is 4.92. The quantitative estimate of drug-likeness (QED) is 0.698. The first kappa shape index (κ1) is 19.5. The number of fused-ring (bicyclic) bond motifs is 1. The molecule has 1 amide bonds. The molecule has 1 aliphatic rings. The Kier molecular flexibility index (Phi) is 6.33. The van der Waals surface area contributed by atoms with Crippen molar-refractivity contribution in [2.24, 2.45) is 0 Å². The first-order valence-electron chi connectivity index (χ1n) is 8.68. The molecule has 0 saturated carbocycles. The van der Waals surface area contributed by atoms with Crippen molar-refractivity contribution < 1.29 is 33.6 Å². The van der Waals surface area contributed by atoms with Gasteiger partial charge in [0.1, 0.15) is 6.61 Å². The van der Waals surface area contributed by atoms with Crippen LogP contribution in [0.4, 0.5) is 4.79 Å². The highest BCUT2D eigenvalue weighted by Crippen LogP contribution is 2.32. The number of amides is 1. The molecule has 2 atom stereocenters. The van der Waals surface area contributed by atoms with Gasteiger partial charge in [-0.2, -0.15) is 0 Å². The van der Waals surface area contributed by atoms with E-state index >= 15 is 0 Å². The van der Waals surface area contributed by atoms with Crippen LogP contribution in [-0.4, -0.2) is 43.2 Å². The van der Waals surface area contributed by atoms with Crippen LogP contribution in [0.5, 0.6) is 11.5 Å². The number of carbonyl (C=O) groups is 2. The first-order chi connectivity index (χ1) is 13.6. The van der Waals surface area contributed by atoms with Crippen molar-refractivity contribution in [2.45, 2.75) is 25.2 Å². The van der Waals surface area contributed by atoms with Crippen LogP contribution in [0.25, 0.3) is 0 Å². The van der Waals surface area contributed by atoms with E-state index < -0.39 is 24.2 Å². The Labute approximate surface area is 162 Å². The van der Waals surface area contributed by atoms with Gasteiger partial charge in [0.25, 0.3) is 0 Å². The molecular weight excluding hydrogens is 366 g/mol. The Bertz CT molecular complexity index is 825. The summed E-state index contributed by atoms with van der Waals surface area (Å²) in [5.41, 5.74) is 1.55. The fourth-order valence-corrected chi connectivity index (χ4v) is 2.76. The van der Waals surface area contributed by atoms with Gasteiger partial charge in [-0.15, -0.1) is 0 Å². The Balaban J connectivity index is 1.66.